The average molecular weight is 581 g/mol. The first-order valence-corrected chi connectivity index (χ1v) is 14.9. The molecule has 42 heavy (non-hydrogen) atoms. The van der Waals surface area contributed by atoms with Crippen LogP contribution in [0.5, 0.6) is 0 Å². The van der Waals surface area contributed by atoms with Gasteiger partial charge < -0.3 is 15.5 Å². The molecule has 10 nitrogen and oxygen atoms in total. The molecule has 12 heteroatoms. The Labute approximate surface area is 246 Å². The number of fused-ring (bicyclic) bond motifs is 3. The molecule has 0 radical (unpaired) electrons. The van der Waals surface area contributed by atoms with Gasteiger partial charge in [0, 0.05) is 43.3 Å². The van der Waals surface area contributed by atoms with E-state index in [1.807, 2.05) is 30.5 Å². The maximum atomic E-state index is 14.3. The highest BCUT2D eigenvalue weighted by molar-refractivity contribution is 7.18. The van der Waals surface area contributed by atoms with Crippen LogP contribution < -0.4 is 15.5 Å². The normalized spacial score (nSPS) is 19.8. The van der Waals surface area contributed by atoms with Crippen molar-refractivity contribution >= 4 is 33.5 Å². The van der Waals surface area contributed by atoms with E-state index >= 15 is 0 Å². The second-order valence-corrected chi connectivity index (χ2v) is 12.2. The molecule has 0 aromatic carbocycles. The molecule has 212 valence electrons. The fourth-order valence-electron chi connectivity index (χ4n) is 6.17. The SMILES string of the molecule is CC(C)Nc1cc(-c2ccc3cc(C#N)cnn23)ncc1-c1nnc(N2CC3CCC(C2)C3Nc2ncccc2F)s1. The molecule has 1 aliphatic carbocycles. The zero-order chi connectivity index (χ0) is 28.8. The van der Waals surface area contributed by atoms with Crippen molar-refractivity contribution in [1.29, 1.82) is 5.26 Å². The minimum Gasteiger partial charge on any atom is -0.382 e. The number of nitrogens with one attached hydrogen (secondary N) is 2. The molecule has 2 N–H and O–H groups in total. The second kappa shape index (κ2) is 10.6. The van der Waals surface area contributed by atoms with Crippen LogP contribution in [0.4, 0.5) is 21.0 Å². The molecular weight excluding hydrogens is 551 g/mol. The zero-order valence-electron chi connectivity index (χ0n) is 23.2. The second-order valence-electron chi connectivity index (χ2n) is 11.2. The highest BCUT2D eigenvalue weighted by Gasteiger charge is 2.43. The molecule has 0 amide bonds. The zero-order valence-corrected chi connectivity index (χ0v) is 24.0. The molecule has 1 saturated carbocycles. The van der Waals surface area contributed by atoms with Gasteiger partial charge >= 0.3 is 0 Å². The molecule has 2 unspecified atom stereocenters. The van der Waals surface area contributed by atoms with Gasteiger partial charge in [-0.05, 0) is 74.9 Å². The average Bonchev–Trinajstić information content (AvgIpc) is 3.69. The molecule has 6 heterocycles. The largest absolute Gasteiger partial charge is 0.382 e. The van der Waals surface area contributed by atoms with Crippen LogP contribution in [0.25, 0.3) is 27.5 Å². The molecule has 2 fully saturated rings. The molecule has 2 aliphatic rings. The Hall–Kier alpha value is -4.63. The molecule has 5 aromatic rings. The summed E-state index contributed by atoms with van der Waals surface area (Å²) in [5, 5.41) is 31.5. The fraction of sp³-hybridized carbons (Fsp3) is 0.333. The Morgan fingerprint density at radius 1 is 1.07 bits per heavy atom. The van der Waals surface area contributed by atoms with Gasteiger partial charge in [-0.15, -0.1) is 10.2 Å². The van der Waals surface area contributed by atoms with Crippen molar-refractivity contribution in [2.75, 3.05) is 28.6 Å². The monoisotopic (exact) mass is 580 g/mol. The van der Waals surface area contributed by atoms with Gasteiger partial charge in [0.05, 0.1) is 34.2 Å². The van der Waals surface area contributed by atoms with Gasteiger partial charge in [0.1, 0.15) is 6.07 Å². The van der Waals surface area contributed by atoms with Crippen LogP contribution >= 0.6 is 11.3 Å². The van der Waals surface area contributed by atoms with Crippen molar-refractivity contribution in [3.8, 4) is 28.0 Å². The Morgan fingerprint density at radius 2 is 1.90 bits per heavy atom. The van der Waals surface area contributed by atoms with Crippen LogP contribution in [0.3, 0.4) is 0 Å². The van der Waals surface area contributed by atoms with Gasteiger partial charge in [0.2, 0.25) is 5.13 Å². The van der Waals surface area contributed by atoms with E-state index < -0.39 is 0 Å². The number of nitrogens with zero attached hydrogens (tertiary/aromatic N) is 8. The minimum absolute atomic E-state index is 0.192. The van der Waals surface area contributed by atoms with Gasteiger partial charge in [-0.25, -0.2) is 13.9 Å². The minimum atomic E-state index is -0.312. The molecule has 5 aromatic heterocycles. The number of nitriles is 1. The highest BCUT2D eigenvalue weighted by Crippen LogP contribution is 2.42. The summed E-state index contributed by atoms with van der Waals surface area (Å²) in [4.78, 5) is 11.3. The fourth-order valence-corrected chi connectivity index (χ4v) is 7.05. The third kappa shape index (κ3) is 4.79. The predicted molar refractivity (Wildman–Crippen MR) is 161 cm³/mol. The number of aromatic nitrogens is 6. The van der Waals surface area contributed by atoms with Crippen molar-refractivity contribution < 1.29 is 4.39 Å². The molecule has 2 bridgehead atoms. The molecule has 7 rings (SSSR count). The summed E-state index contributed by atoms with van der Waals surface area (Å²) in [5.74, 6) is 0.786. The maximum absolute atomic E-state index is 14.3. The Bertz CT molecular complexity index is 1790. The molecule has 1 aliphatic heterocycles. The Balaban J connectivity index is 1.14. The molecule has 2 atom stereocenters. The smallest absolute Gasteiger partial charge is 0.208 e. The maximum Gasteiger partial charge on any atom is 0.208 e. The summed E-state index contributed by atoms with van der Waals surface area (Å²) in [6, 6.07) is 13.3. The number of hydrogen-bond acceptors (Lipinski definition) is 10. The lowest BCUT2D eigenvalue weighted by Gasteiger charge is -2.38. The van der Waals surface area contributed by atoms with E-state index in [1.165, 1.54) is 6.07 Å². The topological polar surface area (TPSA) is 120 Å². The number of halogens is 1. The van der Waals surface area contributed by atoms with Crippen molar-refractivity contribution in [2.45, 2.75) is 38.8 Å². The molecular formula is C30H29FN10S. The lowest BCUT2D eigenvalue weighted by molar-refractivity contribution is 0.375. The summed E-state index contributed by atoms with van der Waals surface area (Å²) in [6.07, 6.45) is 7.21. The van der Waals surface area contributed by atoms with E-state index in [4.69, 9.17) is 4.98 Å². The lowest BCUT2D eigenvalue weighted by atomic mass is 9.92. The van der Waals surface area contributed by atoms with Crippen molar-refractivity contribution in [3.05, 3.63) is 66.4 Å². The van der Waals surface area contributed by atoms with Gasteiger partial charge in [-0.2, -0.15) is 10.4 Å². The summed E-state index contributed by atoms with van der Waals surface area (Å²) in [5.41, 5.74) is 4.76. The third-order valence-electron chi connectivity index (χ3n) is 8.05. The van der Waals surface area contributed by atoms with Crippen molar-refractivity contribution in [1.82, 2.24) is 29.8 Å². The van der Waals surface area contributed by atoms with Crippen molar-refractivity contribution in [2.24, 2.45) is 11.8 Å². The first kappa shape index (κ1) is 26.3. The summed E-state index contributed by atoms with van der Waals surface area (Å²) in [6.45, 7) is 5.87. The third-order valence-corrected chi connectivity index (χ3v) is 9.07. The van der Waals surface area contributed by atoms with Gasteiger partial charge in [0.25, 0.3) is 0 Å². The summed E-state index contributed by atoms with van der Waals surface area (Å²) < 4.78 is 16.1. The lowest BCUT2D eigenvalue weighted by Crippen LogP contribution is -2.48. The van der Waals surface area contributed by atoms with E-state index in [-0.39, 0.29) is 17.9 Å². The van der Waals surface area contributed by atoms with Crippen LogP contribution in [-0.2, 0) is 0 Å². The van der Waals surface area contributed by atoms with Crippen LogP contribution in [0, 0.1) is 29.0 Å². The highest BCUT2D eigenvalue weighted by atomic mass is 32.1. The van der Waals surface area contributed by atoms with E-state index in [2.05, 4.69) is 55.7 Å². The number of rotatable bonds is 7. The number of anilines is 3. The van der Waals surface area contributed by atoms with Gasteiger partial charge in [-0.3, -0.25) is 4.98 Å². The van der Waals surface area contributed by atoms with E-state index in [0.29, 0.717) is 23.2 Å². The van der Waals surface area contributed by atoms with Gasteiger partial charge in [-0.1, -0.05) is 11.3 Å². The number of pyridine rings is 2. The summed E-state index contributed by atoms with van der Waals surface area (Å²) >= 11 is 1.57. The van der Waals surface area contributed by atoms with E-state index in [0.717, 1.165) is 64.2 Å². The summed E-state index contributed by atoms with van der Waals surface area (Å²) in [7, 11) is 0. The predicted octanol–water partition coefficient (Wildman–Crippen LogP) is 5.47. The van der Waals surface area contributed by atoms with Crippen LogP contribution in [0.15, 0.2) is 55.0 Å². The number of piperidine rings is 1. The molecule has 1 saturated heterocycles. The van der Waals surface area contributed by atoms with Crippen LogP contribution in [0.1, 0.15) is 32.3 Å². The van der Waals surface area contributed by atoms with Crippen LogP contribution in [-0.4, -0.2) is 55.0 Å². The van der Waals surface area contributed by atoms with Gasteiger partial charge in [0.15, 0.2) is 16.6 Å². The van der Waals surface area contributed by atoms with E-state index in [1.54, 1.807) is 34.3 Å². The Morgan fingerprint density at radius 3 is 2.67 bits per heavy atom. The first-order chi connectivity index (χ1) is 20.5. The van der Waals surface area contributed by atoms with Crippen molar-refractivity contribution in [3.63, 3.8) is 0 Å². The Kier molecular flexibility index (Phi) is 6.66. The molecule has 0 spiro atoms. The van der Waals surface area contributed by atoms with Crippen LogP contribution in [0.2, 0.25) is 0 Å². The number of hydrogen-bond donors (Lipinski definition) is 2. The standard InChI is InChI=1S/C30H29FN10S/c1-17(2)36-24-11-25(26-8-7-21-10-18(12-32)13-35-41(21)26)34-14-22(24)29-38-39-30(42-29)40-15-19-5-6-20(16-40)27(19)37-28-23(31)4-3-9-33-28/h3-4,7-11,13-14,17,19-20,27H,5-6,15-16H2,1-2H3,(H,33,37)(H,34,36). The van der Waals surface area contributed by atoms with E-state index in [9.17, 15) is 9.65 Å². The first-order valence-electron chi connectivity index (χ1n) is 14.1. The quantitative estimate of drug-likeness (QED) is 0.258.